The third-order valence-corrected chi connectivity index (χ3v) is 12.1. The fourth-order valence-corrected chi connectivity index (χ4v) is 7.72. The minimum atomic E-state index is -4.55. The SMILES string of the molecule is CC/C=C\C/C=C\C/C=C\C/C=C\C/C=C\C/C=C\C/C=C\CCCCOCC(COP(=O)([O-])OCC[N+](C)(C)C)OC(=O)CCCCCCCCCCC/C=C\CCCCCCCCCC. The van der Waals surface area contributed by atoms with Crippen molar-refractivity contribution in [3.63, 3.8) is 0 Å². The Kier molecular flexibility index (Phi) is 47.9. The second-order valence-corrected chi connectivity index (χ2v) is 20.3. The van der Waals surface area contributed by atoms with E-state index in [1.807, 2.05) is 21.1 Å². The maximum atomic E-state index is 12.8. The summed E-state index contributed by atoms with van der Waals surface area (Å²) in [5.41, 5.74) is 0. The molecule has 9 heteroatoms. The van der Waals surface area contributed by atoms with Gasteiger partial charge < -0.3 is 27.9 Å². The molecule has 8 nitrogen and oxygen atoms in total. The molecule has 0 fully saturated rings. The fourth-order valence-electron chi connectivity index (χ4n) is 6.99. The predicted molar refractivity (Wildman–Crippen MR) is 286 cm³/mol. The number of carbonyl (C=O) groups is 1. The van der Waals surface area contributed by atoms with Crippen LogP contribution < -0.4 is 4.89 Å². The quantitative estimate of drug-likeness (QED) is 0.0197. The van der Waals surface area contributed by atoms with E-state index in [1.165, 1.54) is 103 Å². The topological polar surface area (TPSA) is 94.1 Å². The van der Waals surface area contributed by atoms with Crippen LogP contribution in [0.4, 0.5) is 0 Å². The third-order valence-electron chi connectivity index (χ3n) is 11.1. The normalized spacial score (nSPS) is 14.3. The van der Waals surface area contributed by atoms with Crippen LogP contribution in [0, 0.1) is 0 Å². The molecular weight excluding hydrogens is 854 g/mol. The molecule has 0 saturated heterocycles. The Hall–Kier alpha value is -2.58. The van der Waals surface area contributed by atoms with Gasteiger partial charge in [0, 0.05) is 13.0 Å². The van der Waals surface area contributed by atoms with Crippen molar-refractivity contribution in [2.45, 2.75) is 213 Å². The highest BCUT2D eigenvalue weighted by atomic mass is 31.2. The molecule has 0 aromatic heterocycles. The van der Waals surface area contributed by atoms with Gasteiger partial charge in [-0.15, -0.1) is 0 Å². The van der Waals surface area contributed by atoms with Gasteiger partial charge in [0.2, 0.25) is 0 Å². The molecule has 0 saturated carbocycles. The molecule has 2 atom stereocenters. The molecule has 0 rings (SSSR count). The van der Waals surface area contributed by atoms with Crippen LogP contribution in [0.2, 0.25) is 0 Å². The summed E-state index contributed by atoms with van der Waals surface area (Å²) in [5, 5.41) is 0. The van der Waals surface area contributed by atoms with Crippen molar-refractivity contribution in [3.8, 4) is 0 Å². The van der Waals surface area contributed by atoms with Crippen LogP contribution in [0.5, 0.6) is 0 Å². The molecule has 0 amide bonds. The predicted octanol–water partition coefficient (Wildman–Crippen LogP) is 16.3. The summed E-state index contributed by atoms with van der Waals surface area (Å²) in [6.07, 6.45) is 68.7. The molecule has 2 unspecified atom stereocenters. The van der Waals surface area contributed by atoms with Crippen molar-refractivity contribution >= 4 is 13.8 Å². The Bertz CT molecular complexity index is 1390. The number of phosphoric ester groups is 1. The van der Waals surface area contributed by atoms with Gasteiger partial charge in [-0.25, -0.2) is 0 Å². The summed E-state index contributed by atoms with van der Waals surface area (Å²) in [6.45, 7) is 5.18. The number of rotatable bonds is 49. The summed E-state index contributed by atoms with van der Waals surface area (Å²) in [6, 6.07) is 0. The van der Waals surface area contributed by atoms with Gasteiger partial charge in [-0.3, -0.25) is 9.36 Å². The van der Waals surface area contributed by atoms with E-state index in [1.54, 1.807) is 0 Å². The molecule has 386 valence electrons. The molecule has 0 heterocycles. The van der Waals surface area contributed by atoms with E-state index in [4.69, 9.17) is 18.5 Å². The van der Waals surface area contributed by atoms with Gasteiger partial charge >= 0.3 is 5.97 Å². The van der Waals surface area contributed by atoms with Crippen LogP contribution in [-0.2, 0) is 27.9 Å². The van der Waals surface area contributed by atoms with E-state index in [0.717, 1.165) is 83.5 Å². The monoisotopic (exact) mass is 956 g/mol. The van der Waals surface area contributed by atoms with Crippen molar-refractivity contribution in [2.24, 2.45) is 0 Å². The maximum absolute atomic E-state index is 12.8. The molecule has 0 radical (unpaired) electrons. The fraction of sp³-hybridized carbons (Fsp3) is 0.707. The molecular formula is C58H102NO7P. The number of nitrogens with zero attached hydrogens (tertiary/aromatic N) is 1. The lowest BCUT2D eigenvalue weighted by molar-refractivity contribution is -0.870. The van der Waals surface area contributed by atoms with E-state index >= 15 is 0 Å². The van der Waals surface area contributed by atoms with Gasteiger partial charge in [-0.05, 0) is 96.3 Å². The first-order valence-corrected chi connectivity index (χ1v) is 28.4. The first kappa shape index (κ1) is 64.4. The second-order valence-electron chi connectivity index (χ2n) is 18.9. The molecule has 67 heavy (non-hydrogen) atoms. The Morgan fingerprint density at radius 3 is 1.31 bits per heavy atom. The highest BCUT2D eigenvalue weighted by molar-refractivity contribution is 7.45. The van der Waals surface area contributed by atoms with Crippen LogP contribution >= 0.6 is 7.82 Å². The smallest absolute Gasteiger partial charge is 0.306 e. The first-order chi connectivity index (χ1) is 32.6. The second kappa shape index (κ2) is 49.8. The largest absolute Gasteiger partial charge is 0.756 e. The van der Waals surface area contributed by atoms with Crippen LogP contribution in [0.25, 0.3) is 0 Å². The molecule has 0 aliphatic carbocycles. The number of hydrogen-bond acceptors (Lipinski definition) is 7. The third kappa shape index (κ3) is 54.2. The van der Waals surface area contributed by atoms with Crippen molar-refractivity contribution < 1.29 is 37.3 Å². The van der Waals surface area contributed by atoms with E-state index in [0.29, 0.717) is 24.1 Å². The number of hydrogen-bond donors (Lipinski definition) is 0. The molecule has 0 N–H and O–H groups in total. The summed E-state index contributed by atoms with van der Waals surface area (Å²) >= 11 is 0. The van der Waals surface area contributed by atoms with Gasteiger partial charge in [0.1, 0.15) is 19.3 Å². The minimum absolute atomic E-state index is 0.0120. The zero-order valence-electron chi connectivity index (χ0n) is 43.8. The standard InChI is InChI=1S/C58H102NO7P/c1-6-8-10-12-14-16-18-20-22-24-26-28-29-30-32-34-36-38-40-42-44-46-48-50-53-63-55-57(56-65-67(61,62)64-54-52-59(3,4)5)66-58(60)51-49-47-45-43-41-39-37-35-33-31-27-25-23-21-19-17-15-13-11-9-7-2/h8,10,14,16,20,22,25-28,30,32,36,38,42,44,57H,6-7,9,11-13,15,17-19,21,23-24,29,31,33-35,37,39-41,43,45-56H2,1-5H3/b10-8-,16-14-,22-20-,27-25-,28-26-,32-30-,38-36-,44-42-. The summed E-state index contributed by atoms with van der Waals surface area (Å²) in [7, 11) is 1.31. The Morgan fingerprint density at radius 2 is 0.866 bits per heavy atom. The van der Waals surface area contributed by atoms with Crippen LogP contribution in [0.1, 0.15) is 206 Å². The molecule has 0 aliphatic rings. The molecule has 0 aliphatic heterocycles. The number of phosphoric acid groups is 1. The van der Waals surface area contributed by atoms with Crippen LogP contribution in [-0.4, -0.2) is 70.7 Å². The number of allylic oxidation sites excluding steroid dienone is 16. The Morgan fingerprint density at radius 1 is 0.478 bits per heavy atom. The summed E-state index contributed by atoms with van der Waals surface area (Å²) < 4.78 is 34.7. The molecule has 0 aromatic rings. The minimum Gasteiger partial charge on any atom is -0.756 e. The summed E-state index contributed by atoms with van der Waals surface area (Å²) in [4.78, 5) is 25.2. The van der Waals surface area contributed by atoms with Gasteiger partial charge in [0.05, 0.1) is 34.4 Å². The van der Waals surface area contributed by atoms with Crippen LogP contribution in [0.15, 0.2) is 97.2 Å². The zero-order valence-corrected chi connectivity index (χ0v) is 44.7. The maximum Gasteiger partial charge on any atom is 0.306 e. The average Bonchev–Trinajstić information content (AvgIpc) is 3.29. The van der Waals surface area contributed by atoms with Crippen molar-refractivity contribution in [1.29, 1.82) is 0 Å². The van der Waals surface area contributed by atoms with Gasteiger partial charge in [-0.1, -0.05) is 201 Å². The van der Waals surface area contributed by atoms with E-state index in [2.05, 4.69) is 111 Å². The highest BCUT2D eigenvalue weighted by Gasteiger charge is 2.20. The van der Waals surface area contributed by atoms with E-state index in [9.17, 15) is 14.3 Å². The number of carbonyl (C=O) groups excluding carboxylic acids is 1. The Labute approximate surface area is 413 Å². The lowest BCUT2D eigenvalue weighted by Crippen LogP contribution is -2.37. The van der Waals surface area contributed by atoms with Gasteiger partial charge in [-0.2, -0.15) is 0 Å². The van der Waals surface area contributed by atoms with E-state index < -0.39 is 13.9 Å². The lowest BCUT2D eigenvalue weighted by Gasteiger charge is -2.28. The average molecular weight is 956 g/mol. The molecule has 0 bridgehead atoms. The number of quaternary nitrogens is 1. The Balaban J connectivity index is 4.24. The lowest BCUT2D eigenvalue weighted by atomic mass is 10.1. The molecule has 0 spiro atoms. The number of unbranched alkanes of at least 4 members (excludes halogenated alkanes) is 19. The highest BCUT2D eigenvalue weighted by Crippen LogP contribution is 2.38. The van der Waals surface area contributed by atoms with Gasteiger partial charge in [0.25, 0.3) is 7.82 Å². The van der Waals surface area contributed by atoms with Crippen LogP contribution in [0.3, 0.4) is 0 Å². The van der Waals surface area contributed by atoms with Crippen molar-refractivity contribution in [2.75, 3.05) is 54.1 Å². The number of ether oxygens (including phenoxy) is 2. The number of esters is 1. The van der Waals surface area contributed by atoms with Crippen molar-refractivity contribution in [3.05, 3.63) is 97.2 Å². The number of likely N-dealkylation sites (N-methyl/N-ethyl adjacent to an activating group) is 1. The summed E-state index contributed by atoms with van der Waals surface area (Å²) in [5.74, 6) is -0.354. The first-order valence-electron chi connectivity index (χ1n) is 27.0. The molecule has 0 aromatic carbocycles. The van der Waals surface area contributed by atoms with E-state index in [-0.39, 0.29) is 25.8 Å². The van der Waals surface area contributed by atoms with Gasteiger partial charge in [0.15, 0.2) is 0 Å². The zero-order chi connectivity index (χ0) is 49.0. The van der Waals surface area contributed by atoms with Crippen molar-refractivity contribution in [1.82, 2.24) is 0 Å².